The van der Waals surface area contributed by atoms with E-state index >= 15 is 0 Å². The van der Waals surface area contributed by atoms with Crippen molar-refractivity contribution in [1.29, 1.82) is 0 Å². The van der Waals surface area contributed by atoms with Crippen molar-refractivity contribution in [1.82, 2.24) is 14.8 Å². The Morgan fingerprint density at radius 2 is 1.55 bits per heavy atom. The van der Waals surface area contributed by atoms with E-state index in [4.69, 9.17) is 0 Å². The molecular formula is C30H37N3. The minimum atomic E-state index is 1.01. The maximum absolute atomic E-state index is 4.66. The van der Waals surface area contributed by atoms with Crippen LogP contribution in [0.25, 0.3) is 17.3 Å². The lowest BCUT2D eigenvalue weighted by Crippen LogP contribution is -2.46. The summed E-state index contributed by atoms with van der Waals surface area (Å²) >= 11 is 0. The first-order valence-electron chi connectivity index (χ1n) is 12.3. The molecule has 0 N–H and O–H groups in total. The van der Waals surface area contributed by atoms with Crippen molar-refractivity contribution in [2.45, 2.75) is 40.2 Å². The zero-order valence-corrected chi connectivity index (χ0v) is 20.4. The predicted octanol–water partition coefficient (Wildman–Crippen LogP) is 6.29. The minimum absolute atomic E-state index is 1.01. The Balaban J connectivity index is 1.23. The van der Waals surface area contributed by atoms with Crippen molar-refractivity contribution < 1.29 is 0 Å². The molecule has 0 amide bonds. The zero-order chi connectivity index (χ0) is 23.0. The molecule has 4 rings (SSSR count). The van der Waals surface area contributed by atoms with Crippen molar-refractivity contribution in [2.75, 3.05) is 32.7 Å². The van der Waals surface area contributed by atoms with Gasteiger partial charge < -0.3 is 4.90 Å². The van der Waals surface area contributed by atoms with Gasteiger partial charge in [-0.15, -0.1) is 0 Å². The molecule has 2 heterocycles. The number of pyridine rings is 1. The van der Waals surface area contributed by atoms with Crippen LogP contribution in [0.1, 0.15) is 40.7 Å². The van der Waals surface area contributed by atoms with E-state index in [1.165, 1.54) is 46.3 Å². The molecule has 1 fully saturated rings. The highest BCUT2D eigenvalue weighted by Gasteiger charge is 2.17. The van der Waals surface area contributed by atoms with E-state index in [1.807, 2.05) is 6.20 Å². The van der Waals surface area contributed by atoms with Gasteiger partial charge in [0.1, 0.15) is 0 Å². The molecule has 0 radical (unpaired) electrons. The first-order chi connectivity index (χ1) is 16.1. The van der Waals surface area contributed by atoms with Gasteiger partial charge in [0.15, 0.2) is 0 Å². The summed E-state index contributed by atoms with van der Waals surface area (Å²) in [6, 6.07) is 19.5. The molecule has 1 aliphatic rings. The monoisotopic (exact) mass is 439 g/mol. The fourth-order valence-electron chi connectivity index (χ4n) is 4.56. The number of allylic oxidation sites excluding steroid dienone is 1. The average molecular weight is 440 g/mol. The lowest BCUT2D eigenvalue weighted by Gasteiger charge is -2.34. The Labute approximate surface area is 199 Å². The predicted molar refractivity (Wildman–Crippen MR) is 140 cm³/mol. The van der Waals surface area contributed by atoms with Crippen LogP contribution in [0.2, 0.25) is 0 Å². The molecule has 0 aliphatic carbocycles. The number of nitrogens with zero attached hydrogens (tertiary/aromatic N) is 3. The van der Waals surface area contributed by atoms with Crippen molar-refractivity contribution in [3.8, 4) is 11.3 Å². The lowest BCUT2D eigenvalue weighted by atomic mass is 9.98. The highest BCUT2D eigenvalue weighted by Crippen LogP contribution is 2.24. The van der Waals surface area contributed by atoms with Crippen LogP contribution >= 0.6 is 0 Å². The van der Waals surface area contributed by atoms with Crippen molar-refractivity contribution in [3.05, 3.63) is 94.7 Å². The quantitative estimate of drug-likeness (QED) is 0.385. The molecule has 0 bridgehead atoms. The standard InChI is InChI=1S/C30H37N3/c1-24-20-29(21-25(2)26(24)3)30-22-28(13-14-31-30)23-33-18-16-32(17-19-33)15-9-5-8-12-27-10-6-4-7-11-27/h4,6-8,10-14,20-22H,5,9,15-19,23H2,1-3H3/b12-8+. The highest BCUT2D eigenvalue weighted by atomic mass is 15.3. The summed E-state index contributed by atoms with van der Waals surface area (Å²) in [6.45, 7) is 13.4. The maximum Gasteiger partial charge on any atom is 0.0705 e. The number of hydrogen-bond acceptors (Lipinski definition) is 3. The lowest BCUT2D eigenvalue weighted by molar-refractivity contribution is 0.126. The van der Waals surface area contributed by atoms with Gasteiger partial charge in [0.2, 0.25) is 0 Å². The Morgan fingerprint density at radius 3 is 2.27 bits per heavy atom. The topological polar surface area (TPSA) is 19.4 Å². The summed E-state index contributed by atoms with van der Waals surface area (Å²) in [4.78, 5) is 9.86. The van der Waals surface area contributed by atoms with E-state index in [0.29, 0.717) is 0 Å². The Morgan fingerprint density at radius 1 is 0.848 bits per heavy atom. The van der Waals surface area contributed by atoms with E-state index in [-0.39, 0.29) is 0 Å². The summed E-state index contributed by atoms with van der Waals surface area (Å²) in [7, 11) is 0. The second-order valence-electron chi connectivity index (χ2n) is 9.36. The molecule has 1 saturated heterocycles. The Kier molecular flexibility index (Phi) is 8.09. The van der Waals surface area contributed by atoms with Crippen LogP contribution in [-0.2, 0) is 6.54 Å². The number of hydrogen-bond donors (Lipinski definition) is 0. The summed E-state index contributed by atoms with van der Waals surface area (Å²) in [5.41, 5.74) is 9.01. The minimum Gasteiger partial charge on any atom is -0.301 e. The van der Waals surface area contributed by atoms with Gasteiger partial charge in [0, 0.05) is 44.5 Å². The Hall–Kier alpha value is -2.75. The third kappa shape index (κ3) is 6.63. The van der Waals surface area contributed by atoms with Gasteiger partial charge in [-0.25, -0.2) is 0 Å². The Bertz CT molecular complexity index is 1040. The van der Waals surface area contributed by atoms with Crippen LogP contribution in [0.4, 0.5) is 0 Å². The van der Waals surface area contributed by atoms with Crippen LogP contribution in [0.15, 0.2) is 66.9 Å². The number of benzene rings is 2. The largest absolute Gasteiger partial charge is 0.301 e. The smallest absolute Gasteiger partial charge is 0.0705 e. The molecule has 33 heavy (non-hydrogen) atoms. The van der Waals surface area contributed by atoms with Gasteiger partial charge in [-0.05, 0) is 92.2 Å². The van der Waals surface area contributed by atoms with Gasteiger partial charge in [0.05, 0.1) is 5.69 Å². The van der Waals surface area contributed by atoms with Crippen molar-refractivity contribution in [3.63, 3.8) is 0 Å². The van der Waals surface area contributed by atoms with E-state index in [2.05, 4.69) is 102 Å². The third-order valence-corrected chi connectivity index (χ3v) is 6.87. The molecule has 172 valence electrons. The number of unbranched alkanes of at least 4 members (excludes halogenated alkanes) is 1. The van der Waals surface area contributed by atoms with Crippen molar-refractivity contribution in [2.24, 2.45) is 0 Å². The first kappa shape index (κ1) is 23.4. The second-order valence-corrected chi connectivity index (χ2v) is 9.36. The molecule has 0 saturated carbocycles. The summed E-state index contributed by atoms with van der Waals surface area (Å²) in [5.74, 6) is 0. The van der Waals surface area contributed by atoms with E-state index in [9.17, 15) is 0 Å². The molecule has 3 nitrogen and oxygen atoms in total. The number of rotatable bonds is 8. The van der Waals surface area contributed by atoms with Gasteiger partial charge in [-0.1, -0.05) is 42.5 Å². The number of aryl methyl sites for hydroxylation is 2. The van der Waals surface area contributed by atoms with Gasteiger partial charge >= 0.3 is 0 Å². The molecular weight excluding hydrogens is 402 g/mol. The van der Waals surface area contributed by atoms with Crippen molar-refractivity contribution >= 4 is 6.08 Å². The zero-order valence-electron chi connectivity index (χ0n) is 20.4. The molecule has 3 heteroatoms. The SMILES string of the molecule is Cc1cc(-c2cc(CN3CCN(CCC/C=C/c4ccccc4)CC3)ccn2)cc(C)c1C. The molecule has 3 aromatic rings. The summed E-state index contributed by atoms with van der Waals surface area (Å²) < 4.78 is 0. The molecule has 0 unspecified atom stereocenters. The molecule has 1 aromatic heterocycles. The highest BCUT2D eigenvalue weighted by molar-refractivity contribution is 5.63. The van der Waals surface area contributed by atoms with E-state index in [1.54, 1.807) is 0 Å². The fourth-order valence-corrected chi connectivity index (χ4v) is 4.56. The normalized spacial score (nSPS) is 15.4. The van der Waals surface area contributed by atoms with Gasteiger partial charge in [-0.2, -0.15) is 0 Å². The average Bonchev–Trinajstić information content (AvgIpc) is 2.84. The third-order valence-electron chi connectivity index (χ3n) is 6.87. The van der Waals surface area contributed by atoms with Crippen LogP contribution in [0.3, 0.4) is 0 Å². The van der Waals surface area contributed by atoms with Gasteiger partial charge in [-0.3, -0.25) is 9.88 Å². The van der Waals surface area contributed by atoms with Crippen LogP contribution in [-0.4, -0.2) is 47.5 Å². The maximum atomic E-state index is 4.66. The molecule has 2 aromatic carbocycles. The number of aromatic nitrogens is 1. The summed E-state index contributed by atoms with van der Waals surface area (Å²) in [6.07, 6.45) is 8.89. The second kappa shape index (κ2) is 11.4. The summed E-state index contributed by atoms with van der Waals surface area (Å²) in [5, 5.41) is 0. The number of piperazine rings is 1. The fraction of sp³-hybridized carbons (Fsp3) is 0.367. The van der Waals surface area contributed by atoms with E-state index < -0.39 is 0 Å². The van der Waals surface area contributed by atoms with Crippen LogP contribution in [0.5, 0.6) is 0 Å². The van der Waals surface area contributed by atoms with E-state index in [0.717, 1.165) is 44.8 Å². The van der Waals surface area contributed by atoms with Crippen LogP contribution in [0, 0.1) is 20.8 Å². The molecule has 1 aliphatic heterocycles. The van der Waals surface area contributed by atoms with Crippen LogP contribution < -0.4 is 0 Å². The molecule has 0 spiro atoms. The van der Waals surface area contributed by atoms with Gasteiger partial charge in [0.25, 0.3) is 0 Å². The first-order valence-corrected chi connectivity index (χ1v) is 12.3. The molecule has 0 atom stereocenters.